The molecule has 26 heavy (non-hydrogen) atoms. The van der Waals surface area contributed by atoms with Gasteiger partial charge in [-0.2, -0.15) is 0 Å². The summed E-state index contributed by atoms with van der Waals surface area (Å²) < 4.78 is 11.0. The van der Waals surface area contributed by atoms with E-state index in [9.17, 15) is 9.59 Å². The van der Waals surface area contributed by atoms with Crippen molar-refractivity contribution in [2.75, 3.05) is 38.2 Å². The molecule has 1 aromatic rings. The summed E-state index contributed by atoms with van der Waals surface area (Å²) in [5.41, 5.74) is 0.623. The number of nitrogens with zero attached hydrogens (tertiary/aromatic N) is 1. The molecule has 0 radical (unpaired) electrons. The van der Waals surface area contributed by atoms with Gasteiger partial charge in [0.15, 0.2) is 6.61 Å². The molecular weight excluding hydrogens is 358 g/mol. The molecule has 0 aliphatic carbocycles. The van der Waals surface area contributed by atoms with Crippen LogP contribution in [0.1, 0.15) is 20.8 Å². The van der Waals surface area contributed by atoms with Gasteiger partial charge in [0.05, 0.1) is 12.7 Å². The largest absolute Gasteiger partial charge is 0.484 e. The number of hydrogen-bond donors (Lipinski definition) is 2. The smallest absolute Gasteiger partial charge is 0.260 e. The van der Waals surface area contributed by atoms with Crippen LogP contribution in [0.5, 0.6) is 5.75 Å². The van der Waals surface area contributed by atoms with E-state index in [0.29, 0.717) is 37.7 Å². The highest BCUT2D eigenvalue weighted by Crippen LogP contribution is 2.18. The van der Waals surface area contributed by atoms with Crippen LogP contribution in [0, 0.1) is 0 Å². The van der Waals surface area contributed by atoms with E-state index in [2.05, 4.69) is 10.6 Å². The molecule has 2 rings (SSSR count). The molecule has 7 nitrogen and oxygen atoms in total. The minimum atomic E-state index is -0.387. The van der Waals surface area contributed by atoms with Gasteiger partial charge in [-0.25, -0.2) is 0 Å². The molecule has 2 amide bonds. The van der Waals surface area contributed by atoms with Crippen LogP contribution in [0.4, 0.5) is 5.69 Å². The fourth-order valence-corrected chi connectivity index (χ4v) is 2.72. The van der Waals surface area contributed by atoms with Gasteiger partial charge in [0, 0.05) is 31.4 Å². The summed E-state index contributed by atoms with van der Waals surface area (Å²) in [6, 6.07) is 6.65. The van der Waals surface area contributed by atoms with Crippen molar-refractivity contribution < 1.29 is 19.1 Å². The van der Waals surface area contributed by atoms with E-state index in [1.54, 1.807) is 29.2 Å². The molecule has 1 aliphatic heterocycles. The topological polar surface area (TPSA) is 79.9 Å². The maximum atomic E-state index is 12.4. The van der Waals surface area contributed by atoms with Crippen molar-refractivity contribution in [3.8, 4) is 5.75 Å². The van der Waals surface area contributed by atoms with Crippen LogP contribution in [0.15, 0.2) is 24.3 Å². The highest BCUT2D eigenvalue weighted by atomic mass is 35.5. The number of rotatable bonds is 7. The van der Waals surface area contributed by atoms with Gasteiger partial charge in [-0.1, -0.05) is 6.07 Å². The van der Waals surface area contributed by atoms with Gasteiger partial charge in [0.1, 0.15) is 11.8 Å². The Morgan fingerprint density at radius 2 is 2.08 bits per heavy atom. The molecule has 2 N–H and O–H groups in total. The van der Waals surface area contributed by atoms with Gasteiger partial charge < -0.3 is 25.0 Å². The standard InChI is InChI=1S/C18H27N3O4.ClH/c1-4-21(5-2)16(22)12-25-15-8-6-7-14(11-15)20-18(23)17-13(3)24-10-9-19-17;/h6-8,11,13,17,19H,4-5,9-10,12H2,1-3H3,(H,20,23);1H/t13-,17+;/m1./s1. The molecule has 1 aromatic carbocycles. The quantitative estimate of drug-likeness (QED) is 0.746. The number of hydrogen-bond acceptors (Lipinski definition) is 5. The van der Waals surface area contributed by atoms with Crippen molar-refractivity contribution in [2.45, 2.75) is 32.9 Å². The Balaban J connectivity index is 0.00000338. The van der Waals surface area contributed by atoms with Gasteiger partial charge in [-0.3, -0.25) is 9.59 Å². The van der Waals surface area contributed by atoms with Gasteiger partial charge >= 0.3 is 0 Å². The van der Waals surface area contributed by atoms with E-state index < -0.39 is 0 Å². The van der Waals surface area contributed by atoms with Crippen LogP contribution in [0.2, 0.25) is 0 Å². The van der Waals surface area contributed by atoms with Gasteiger partial charge in [0.25, 0.3) is 5.91 Å². The van der Waals surface area contributed by atoms with E-state index in [4.69, 9.17) is 9.47 Å². The first-order chi connectivity index (χ1) is 12.0. The summed E-state index contributed by atoms with van der Waals surface area (Å²) in [7, 11) is 0. The van der Waals surface area contributed by atoms with Crippen molar-refractivity contribution in [2.24, 2.45) is 0 Å². The number of likely N-dealkylation sites (N-methyl/N-ethyl adjacent to an activating group) is 1. The average Bonchev–Trinajstić information content (AvgIpc) is 2.61. The molecular formula is C18H28ClN3O4. The summed E-state index contributed by atoms with van der Waals surface area (Å²) in [5, 5.41) is 6.01. The van der Waals surface area contributed by atoms with E-state index >= 15 is 0 Å². The Morgan fingerprint density at radius 1 is 1.35 bits per heavy atom. The third-order valence-electron chi connectivity index (χ3n) is 4.18. The highest BCUT2D eigenvalue weighted by Gasteiger charge is 2.28. The predicted molar refractivity (Wildman–Crippen MR) is 103 cm³/mol. The lowest BCUT2D eigenvalue weighted by atomic mass is 10.1. The molecule has 0 aromatic heterocycles. The first kappa shape index (κ1) is 22.2. The molecule has 1 fully saturated rings. The van der Waals surface area contributed by atoms with Crippen LogP contribution in [-0.2, 0) is 14.3 Å². The minimum absolute atomic E-state index is 0. The number of anilines is 1. The second-order valence-corrected chi connectivity index (χ2v) is 5.88. The Kier molecular flexibility index (Phi) is 9.40. The second kappa shape index (κ2) is 11.0. The third kappa shape index (κ3) is 6.16. The lowest BCUT2D eigenvalue weighted by Gasteiger charge is -2.29. The van der Waals surface area contributed by atoms with Crippen molar-refractivity contribution in [3.63, 3.8) is 0 Å². The summed E-state index contributed by atoms with van der Waals surface area (Å²) in [6.45, 7) is 8.28. The Hall–Kier alpha value is -1.83. The fraction of sp³-hybridized carbons (Fsp3) is 0.556. The number of nitrogens with one attached hydrogen (secondary N) is 2. The summed E-state index contributed by atoms with van der Waals surface area (Å²) in [5.74, 6) is 0.333. The maximum absolute atomic E-state index is 12.4. The van der Waals surface area contributed by atoms with E-state index in [-0.39, 0.29) is 43.0 Å². The SMILES string of the molecule is CCN(CC)C(=O)COc1cccc(NC(=O)[C@H]2NCCO[C@@H]2C)c1.Cl. The van der Waals surface area contributed by atoms with Crippen LogP contribution < -0.4 is 15.4 Å². The van der Waals surface area contributed by atoms with Crippen LogP contribution >= 0.6 is 12.4 Å². The lowest BCUT2D eigenvalue weighted by Crippen LogP contribution is -2.53. The fourth-order valence-electron chi connectivity index (χ4n) is 2.72. The van der Waals surface area contributed by atoms with Gasteiger partial charge in [0.2, 0.25) is 5.91 Å². The minimum Gasteiger partial charge on any atom is -0.484 e. The van der Waals surface area contributed by atoms with Gasteiger partial charge in [-0.05, 0) is 32.9 Å². The molecule has 0 unspecified atom stereocenters. The summed E-state index contributed by atoms with van der Waals surface area (Å²) in [6.07, 6.45) is -0.181. The molecule has 0 saturated carbocycles. The Bertz CT molecular complexity index is 596. The number of carbonyl (C=O) groups excluding carboxylic acids is 2. The number of ether oxygens (including phenoxy) is 2. The van der Waals surface area contributed by atoms with Gasteiger partial charge in [-0.15, -0.1) is 12.4 Å². The zero-order valence-electron chi connectivity index (χ0n) is 15.5. The van der Waals surface area contributed by atoms with Crippen molar-refractivity contribution in [1.82, 2.24) is 10.2 Å². The summed E-state index contributed by atoms with van der Waals surface area (Å²) >= 11 is 0. The number of morpholine rings is 1. The van der Waals surface area contributed by atoms with E-state index in [0.717, 1.165) is 0 Å². The molecule has 146 valence electrons. The summed E-state index contributed by atoms with van der Waals surface area (Å²) in [4.78, 5) is 26.1. The zero-order chi connectivity index (χ0) is 18.2. The second-order valence-electron chi connectivity index (χ2n) is 5.88. The third-order valence-corrected chi connectivity index (χ3v) is 4.18. The van der Waals surface area contributed by atoms with E-state index in [1.165, 1.54) is 0 Å². The van der Waals surface area contributed by atoms with Crippen LogP contribution in [0.3, 0.4) is 0 Å². The molecule has 0 spiro atoms. The number of benzene rings is 1. The lowest BCUT2D eigenvalue weighted by molar-refractivity contribution is -0.133. The van der Waals surface area contributed by atoms with Crippen LogP contribution in [0.25, 0.3) is 0 Å². The van der Waals surface area contributed by atoms with E-state index in [1.807, 2.05) is 20.8 Å². The number of halogens is 1. The number of amides is 2. The molecule has 2 atom stereocenters. The van der Waals surface area contributed by atoms with Crippen molar-refractivity contribution in [3.05, 3.63) is 24.3 Å². The highest BCUT2D eigenvalue weighted by molar-refractivity contribution is 5.95. The van der Waals surface area contributed by atoms with Crippen LogP contribution in [-0.4, -0.2) is 61.7 Å². The molecule has 1 saturated heterocycles. The first-order valence-electron chi connectivity index (χ1n) is 8.71. The molecule has 0 bridgehead atoms. The average molecular weight is 386 g/mol. The molecule has 1 heterocycles. The normalized spacial score (nSPS) is 19.2. The first-order valence-corrected chi connectivity index (χ1v) is 8.71. The number of carbonyl (C=O) groups is 2. The predicted octanol–water partition coefficient (Wildman–Crippen LogP) is 1.67. The van der Waals surface area contributed by atoms with Crippen molar-refractivity contribution in [1.29, 1.82) is 0 Å². The van der Waals surface area contributed by atoms with Crippen molar-refractivity contribution >= 4 is 29.9 Å². The monoisotopic (exact) mass is 385 g/mol. The Labute approximate surface area is 160 Å². The Morgan fingerprint density at radius 3 is 2.73 bits per heavy atom. The zero-order valence-corrected chi connectivity index (χ0v) is 16.3. The maximum Gasteiger partial charge on any atom is 0.260 e. The molecule has 8 heteroatoms. The molecule has 1 aliphatic rings.